The summed E-state index contributed by atoms with van der Waals surface area (Å²) in [6.07, 6.45) is 0. The van der Waals surface area contributed by atoms with Crippen molar-refractivity contribution in [3.8, 4) is 0 Å². The van der Waals surface area contributed by atoms with E-state index in [4.69, 9.17) is 9.31 Å². The van der Waals surface area contributed by atoms with Crippen LogP contribution in [0.5, 0.6) is 0 Å². The molecular formula is C14H18BBrO2. The lowest BCUT2D eigenvalue weighted by Gasteiger charge is -2.32. The lowest BCUT2D eigenvalue weighted by Crippen LogP contribution is -2.41. The molecule has 1 aliphatic rings. The summed E-state index contributed by atoms with van der Waals surface area (Å²) in [5.41, 5.74) is 0.531. The van der Waals surface area contributed by atoms with Gasteiger partial charge in [-0.1, -0.05) is 46.3 Å². The van der Waals surface area contributed by atoms with Gasteiger partial charge in [0.1, 0.15) is 0 Å². The molecule has 0 saturated carbocycles. The van der Waals surface area contributed by atoms with E-state index in [0.717, 1.165) is 10.0 Å². The van der Waals surface area contributed by atoms with Crippen molar-refractivity contribution in [2.75, 3.05) is 0 Å². The summed E-state index contributed by atoms with van der Waals surface area (Å²) in [4.78, 5) is 0. The minimum Gasteiger partial charge on any atom is -0.400 e. The Morgan fingerprint density at radius 2 is 1.56 bits per heavy atom. The molecule has 0 amide bonds. The summed E-state index contributed by atoms with van der Waals surface area (Å²) < 4.78 is 12.8. The molecule has 1 aromatic carbocycles. The molecule has 0 spiro atoms. The van der Waals surface area contributed by atoms with Crippen LogP contribution < -0.4 is 0 Å². The smallest absolute Gasteiger partial charge is 0.400 e. The third-order valence-electron chi connectivity index (χ3n) is 3.60. The van der Waals surface area contributed by atoms with Gasteiger partial charge in [0.05, 0.1) is 11.2 Å². The average molecular weight is 309 g/mol. The van der Waals surface area contributed by atoms with Gasteiger partial charge in [-0.3, -0.25) is 0 Å². The van der Waals surface area contributed by atoms with Crippen LogP contribution in [0.1, 0.15) is 33.3 Å². The zero-order valence-electron chi connectivity index (χ0n) is 11.2. The van der Waals surface area contributed by atoms with Crippen LogP contribution in [0, 0.1) is 0 Å². The normalized spacial score (nSPS) is 22.3. The minimum atomic E-state index is -0.315. The van der Waals surface area contributed by atoms with Crippen molar-refractivity contribution in [2.24, 2.45) is 0 Å². The Morgan fingerprint density at radius 3 is 2.06 bits per heavy atom. The predicted octanol–water partition coefficient (Wildman–Crippen LogP) is 4.05. The van der Waals surface area contributed by atoms with Gasteiger partial charge in [0.15, 0.2) is 0 Å². The fourth-order valence-electron chi connectivity index (χ4n) is 1.77. The van der Waals surface area contributed by atoms with Gasteiger partial charge in [0.25, 0.3) is 0 Å². The van der Waals surface area contributed by atoms with Crippen LogP contribution in [0.2, 0.25) is 0 Å². The molecule has 0 aromatic heterocycles. The lowest BCUT2D eigenvalue weighted by molar-refractivity contribution is 0.00578. The summed E-state index contributed by atoms with van der Waals surface area (Å²) in [6, 6.07) is 10.1. The average Bonchev–Trinajstić information content (AvgIpc) is 2.48. The van der Waals surface area contributed by atoms with Crippen molar-refractivity contribution in [2.45, 2.75) is 38.9 Å². The van der Waals surface area contributed by atoms with Crippen LogP contribution in [0.25, 0.3) is 4.48 Å². The SMILES string of the molecule is CC1(C)OB(/C=C(\Br)c2ccccc2)OC1(C)C. The molecule has 2 rings (SSSR count). The number of hydrogen-bond donors (Lipinski definition) is 0. The number of halogens is 1. The highest BCUT2D eigenvalue weighted by atomic mass is 79.9. The second-order valence-electron chi connectivity index (χ2n) is 5.51. The number of rotatable bonds is 2. The molecule has 1 aromatic rings. The van der Waals surface area contributed by atoms with Crippen molar-refractivity contribution in [1.29, 1.82) is 0 Å². The Hall–Kier alpha value is -0.575. The highest BCUT2D eigenvalue weighted by Crippen LogP contribution is 2.38. The quantitative estimate of drug-likeness (QED) is 0.767. The van der Waals surface area contributed by atoms with E-state index >= 15 is 0 Å². The van der Waals surface area contributed by atoms with E-state index in [9.17, 15) is 0 Å². The second kappa shape index (κ2) is 4.84. The molecule has 0 radical (unpaired) electrons. The highest BCUT2D eigenvalue weighted by molar-refractivity contribution is 9.15. The van der Waals surface area contributed by atoms with Gasteiger partial charge < -0.3 is 9.31 Å². The molecule has 96 valence electrons. The van der Waals surface area contributed by atoms with E-state index in [1.807, 2.05) is 36.3 Å². The van der Waals surface area contributed by atoms with E-state index in [1.165, 1.54) is 0 Å². The Balaban J connectivity index is 2.17. The summed E-state index contributed by atoms with van der Waals surface area (Å²) in [5, 5.41) is 0. The van der Waals surface area contributed by atoms with Gasteiger partial charge in [-0.25, -0.2) is 0 Å². The molecule has 0 N–H and O–H groups in total. The van der Waals surface area contributed by atoms with E-state index in [0.29, 0.717) is 0 Å². The molecular weight excluding hydrogens is 291 g/mol. The molecule has 4 heteroatoms. The summed E-state index contributed by atoms with van der Waals surface area (Å²) in [6.45, 7) is 8.21. The maximum atomic E-state index is 5.93. The van der Waals surface area contributed by atoms with Crippen LogP contribution in [-0.2, 0) is 9.31 Å². The van der Waals surface area contributed by atoms with Crippen LogP contribution in [0.3, 0.4) is 0 Å². The highest BCUT2D eigenvalue weighted by Gasteiger charge is 2.50. The molecule has 1 fully saturated rings. The minimum absolute atomic E-state index is 0.294. The van der Waals surface area contributed by atoms with E-state index in [-0.39, 0.29) is 18.3 Å². The van der Waals surface area contributed by atoms with Crippen LogP contribution in [-0.4, -0.2) is 18.3 Å². The maximum Gasteiger partial charge on any atom is 0.488 e. The maximum absolute atomic E-state index is 5.93. The molecule has 0 unspecified atom stereocenters. The van der Waals surface area contributed by atoms with Gasteiger partial charge in [-0.05, 0) is 39.2 Å². The first kappa shape index (κ1) is 13.8. The molecule has 1 aliphatic heterocycles. The van der Waals surface area contributed by atoms with E-state index < -0.39 is 0 Å². The van der Waals surface area contributed by atoms with Crippen molar-refractivity contribution >= 4 is 27.5 Å². The van der Waals surface area contributed by atoms with Gasteiger partial charge in [-0.2, -0.15) is 0 Å². The summed E-state index contributed by atoms with van der Waals surface area (Å²) in [7, 11) is -0.315. The van der Waals surface area contributed by atoms with Crippen molar-refractivity contribution in [3.05, 3.63) is 41.9 Å². The molecule has 1 saturated heterocycles. The first-order valence-corrected chi connectivity index (χ1v) is 6.89. The van der Waals surface area contributed by atoms with Crippen molar-refractivity contribution < 1.29 is 9.31 Å². The third kappa shape index (κ3) is 2.71. The first-order valence-electron chi connectivity index (χ1n) is 6.10. The lowest BCUT2D eigenvalue weighted by atomic mass is 9.89. The van der Waals surface area contributed by atoms with Gasteiger partial charge in [-0.15, -0.1) is 0 Å². The fraction of sp³-hybridized carbons (Fsp3) is 0.429. The predicted molar refractivity (Wildman–Crippen MR) is 79.4 cm³/mol. The Bertz CT molecular complexity index is 438. The zero-order chi connectivity index (χ0) is 13.4. The van der Waals surface area contributed by atoms with Crippen LogP contribution in [0.15, 0.2) is 36.3 Å². The van der Waals surface area contributed by atoms with Crippen LogP contribution in [0.4, 0.5) is 0 Å². The van der Waals surface area contributed by atoms with Gasteiger partial charge in [0.2, 0.25) is 0 Å². The van der Waals surface area contributed by atoms with Gasteiger partial charge in [0, 0.05) is 4.48 Å². The molecule has 0 atom stereocenters. The molecule has 18 heavy (non-hydrogen) atoms. The van der Waals surface area contributed by atoms with Gasteiger partial charge >= 0.3 is 7.12 Å². The first-order chi connectivity index (χ1) is 8.32. The second-order valence-corrected chi connectivity index (χ2v) is 6.36. The van der Waals surface area contributed by atoms with Crippen molar-refractivity contribution in [1.82, 2.24) is 0 Å². The Labute approximate surface area is 118 Å². The van der Waals surface area contributed by atoms with E-state index in [1.54, 1.807) is 0 Å². The standard InChI is InChI=1S/C14H18BBrO2/c1-13(2)14(3,4)18-15(17-13)10-12(16)11-8-6-5-7-9-11/h5-10H,1-4H3/b12-10-. The molecule has 0 bridgehead atoms. The Morgan fingerprint density at radius 1 is 1.06 bits per heavy atom. The fourth-order valence-corrected chi connectivity index (χ4v) is 2.25. The molecule has 1 heterocycles. The monoisotopic (exact) mass is 308 g/mol. The van der Waals surface area contributed by atoms with Crippen LogP contribution >= 0.6 is 15.9 Å². The third-order valence-corrected chi connectivity index (χ3v) is 4.33. The molecule has 0 aliphatic carbocycles. The number of benzene rings is 1. The number of hydrogen-bond acceptors (Lipinski definition) is 2. The van der Waals surface area contributed by atoms with Crippen molar-refractivity contribution in [3.63, 3.8) is 0 Å². The summed E-state index contributed by atoms with van der Waals surface area (Å²) >= 11 is 3.57. The zero-order valence-corrected chi connectivity index (χ0v) is 12.8. The topological polar surface area (TPSA) is 18.5 Å². The largest absolute Gasteiger partial charge is 0.488 e. The molecule has 2 nitrogen and oxygen atoms in total. The van der Waals surface area contributed by atoms with E-state index in [2.05, 4.69) is 43.6 Å². The summed E-state index contributed by atoms with van der Waals surface area (Å²) in [5.74, 6) is 1.96. The Kier molecular flexibility index (Phi) is 3.72.